The van der Waals surface area contributed by atoms with Gasteiger partial charge in [-0.05, 0) is 74.4 Å². The zero-order valence-corrected chi connectivity index (χ0v) is 31.2. The molecule has 5 rings (SSSR count). The fraction of sp³-hybridized carbons (Fsp3) is 0.372. The van der Waals surface area contributed by atoms with Gasteiger partial charge in [-0.15, -0.1) is 0 Å². The normalized spacial score (nSPS) is 14.4. The van der Waals surface area contributed by atoms with Crippen LogP contribution in [0.15, 0.2) is 108 Å². The van der Waals surface area contributed by atoms with Crippen molar-refractivity contribution in [3.05, 3.63) is 131 Å². The third-order valence-corrected chi connectivity index (χ3v) is 9.34. The Morgan fingerprint density at radius 3 is 2.07 bits per heavy atom. The predicted octanol–water partition coefficient (Wildman–Crippen LogP) is 6.32. The minimum atomic E-state index is -0.866. The van der Waals surface area contributed by atoms with Gasteiger partial charge >= 0.3 is 6.09 Å². The number of fused-ring (bicyclic) bond motifs is 1. The summed E-state index contributed by atoms with van der Waals surface area (Å²) in [6.07, 6.45) is 2.37. The standard InChI is InChI=1S/C43H50N4O7/c1-43(2,3)54-42(52)46-35(40(50)45-28-34(30-15-6-4-7-16-30)31-17-8-5-9-18-31)21-12-13-25-44-41(51)36-27-32-19-10-11-20-33(32)29-47(36)39(49)24-23-37(48)38-22-14-26-53-38/h4-11,14-20,22,26,34-36H,12-13,21,23-25,27-29H2,1-3H3,(H,44,51)(H,45,50)(H,46,52)/t35-,36-/m0/s1. The second kappa shape index (κ2) is 18.9. The average Bonchev–Trinajstić information content (AvgIpc) is 3.71. The molecule has 284 valence electrons. The number of Topliss-reactive ketones (excluding diaryl/α,β-unsaturated/α-hetero) is 1. The first-order chi connectivity index (χ1) is 26.0. The van der Waals surface area contributed by atoms with Crippen molar-refractivity contribution in [3.8, 4) is 0 Å². The van der Waals surface area contributed by atoms with Crippen LogP contribution < -0.4 is 16.0 Å². The van der Waals surface area contributed by atoms with Crippen LogP contribution in [0, 0.1) is 0 Å². The number of hydrogen-bond acceptors (Lipinski definition) is 7. The Kier molecular flexibility index (Phi) is 13.8. The van der Waals surface area contributed by atoms with Crippen LogP contribution in [-0.4, -0.2) is 65.3 Å². The largest absolute Gasteiger partial charge is 0.461 e. The quantitative estimate of drug-likeness (QED) is 0.0902. The van der Waals surface area contributed by atoms with Gasteiger partial charge in [-0.1, -0.05) is 84.9 Å². The maximum absolute atomic E-state index is 13.6. The Balaban J connectivity index is 1.18. The monoisotopic (exact) mass is 734 g/mol. The molecule has 3 aromatic carbocycles. The number of alkyl carbamates (subject to hydrolysis) is 1. The van der Waals surface area contributed by atoms with E-state index in [1.165, 1.54) is 6.26 Å². The molecule has 0 bridgehead atoms. The third-order valence-electron chi connectivity index (χ3n) is 9.34. The molecule has 3 N–H and O–H groups in total. The summed E-state index contributed by atoms with van der Waals surface area (Å²) in [5.41, 5.74) is 3.33. The first-order valence-electron chi connectivity index (χ1n) is 18.6. The lowest BCUT2D eigenvalue weighted by atomic mass is 9.91. The van der Waals surface area contributed by atoms with Crippen molar-refractivity contribution in [1.82, 2.24) is 20.9 Å². The Hall–Kier alpha value is -5.71. The molecule has 0 fully saturated rings. The van der Waals surface area contributed by atoms with Crippen LogP contribution >= 0.6 is 0 Å². The fourth-order valence-corrected chi connectivity index (χ4v) is 6.59. The van der Waals surface area contributed by atoms with E-state index in [2.05, 4.69) is 16.0 Å². The average molecular weight is 735 g/mol. The van der Waals surface area contributed by atoms with E-state index in [0.29, 0.717) is 38.8 Å². The van der Waals surface area contributed by atoms with E-state index in [1.807, 2.05) is 84.9 Å². The summed E-state index contributed by atoms with van der Waals surface area (Å²) in [4.78, 5) is 67.5. The number of nitrogens with zero attached hydrogens (tertiary/aromatic N) is 1. The summed E-state index contributed by atoms with van der Waals surface area (Å²) in [5, 5.41) is 8.79. The topological polar surface area (TPSA) is 147 Å². The zero-order valence-electron chi connectivity index (χ0n) is 31.2. The molecule has 0 aliphatic carbocycles. The molecule has 0 saturated carbocycles. The highest BCUT2D eigenvalue weighted by atomic mass is 16.6. The highest BCUT2D eigenvalue weighted by molar-refractivity contribution is 5.96. The third kappa shape index (κ3) is 11.4. The van der Waals surface area contributed by atoms with E-state index >= 15 is 0 Å². The van der Waals surface area contributed by atoms with E-state index in [9.17, 15) is 24.0 Å². The molecule has 54 heavy (non-hydrogen) atoms. The van der Waals surface area contributed by atoms with Crippen LogP contribution in [0.25, 0.3) is 0 Å². The Labute approximate surface area is 316 Å². The maximum Gasteiger partial charge on any atom is 0.408 e. The fourth-order valence-electron chi connectivity index (χ4n) is 6.59. The molecule has 1 aromatic heterocycles. The predicted molar refractivity (Wildman–Crippen MR) is 205 cm³/mol. The van der Waals surface area contributed by atoms with Crippen molar-refractivity contribution in [1.29, 1.82) is 0 Å². The van der Waals surface area contributed by atoms with E-state index in [0.717, 1.165) is 22.3 Å². The lowest BCUT2D eigenvalue weighted by Gasteiger charge is -2.36. The molecule has 4 amide bonds. The van der Waals surface area contributed by atoms with Crippen molar-refractivity contribution in [2.75, 3.05) is 13.1 Å². The molecule has 0 radical (unpaired) electrons. The number of carbonyl (C=O) groups is 5. The van der Waals surface area contributed by atoms with E-state index in [1.54, 1.807) is 37.8 Å². The number of amides is 4. The lowest BCUT2D eigenvalue weighted by molar-refractivity contribution is -0.141. The molecular formula is C43H50N4O7. The molecule has 1 aliphatic heterocycles. The smallest absolute Gasteiger partial charge is 0.408 e. The van der Waals surface area contributed by atoms with Gasteiger partial charge in [-0.25, -0.2) is 4.79 Å². The molecule has 11 heteroatoms. The number of carbonyl (C=O) groups excluding carboxylic acids is 5. The van der Waals surface area contributed by atoms with E-state index in [-0.39, 0.29) is 54.6 Å². The maximum atomic E-state index is 13.6. The summed E-state index contributed by atoms with van der Waals surface area (Å²) >= 11 is 0. The van der Waals surface area contributed by atoms with Crippen LogP contribution in [0.1, 0.15) is 91.6 Å². The van der Waals surface area contributed by atoms with Gasteiger partial charge in [-0.3, -0.25) is 19.2 Å². The summed E-state index contributed by atoms with van der Waals surface area (Å²) in [6.45, 7) is 6.18. The highest BCUT2D eigenvalue weighted by Crippen LogP contribution is 2.26. The highest BCUT2D eigenvalue weighted by Gasteiger charge is 2.34. The minimum absolute atomic E-state index is 0.0237. The molecule has 0 saturated heterocycles. The van der Waals surface area contributed by atoms with Crippen molar-refractivity contribution in [2.45, 2.75) is 89.4 Å². The SMILES string of the molecule is CC(C)(C)OC(=O)N[C@@H](CCCCNC(=O)[C@@H]1Cc2ccccc2CN1C(=O)CCC(=O)c1ccco1)C(=O)NCC(c1ccccc1)c1ccccc1. The Morgan fingerprint density at radius 2 is 1.44 bits per heavy atom. The minimum Gasteiger partial charge on any atom is -0.461 e. The van der Waals surface area contributed by atoms with Gasteiger partial charge in [0.2, 0.25) is 17.7 Å². The first-order valence-corrected chi connectivity index (χ1v) is 18.6. The number of benzene rings is 3. The second-order valence-electron chi connectivity index (χ2n) is 14.5. The van der Waals surface area contributed by atoms with Gasteiger partial charge in [0.15, 0.2) is 11.5 Å². The number of furan rings is 1. The number of ketones is 1. The van der Waals surface area contributed by atoms with Gasteiger partial charge in [0, 0.05) is 44.8 Å². The van der Waals surface area contributed by atoms with Crippen LogP contribution in [0.4, 0.5) is 4.79 Å². The molecular weight excluding hydrogens is 684 g/mol. The molecule has 0 spiro atoms. The second-order valence-corrected chi connectivity index (χ2v) is 14.5. The molecule has 0 unspecified atom stereocenters. The van der Waals surface area contributed by atoms with Gasteiger partial charge in [0.25, 0.3) is 0 Å². The lowest BCUT2D eigenvalue weighted by Crippen LogP contribution is -2.52. The van der Waals surface area contributed by atoms with Gasteiger partial charge in [0.1, 0.15) is 17.7 Å². The molecule has 2 heterocycles. The van der Waals surface area contributed by atoms with Crippen molar-refractivity contribution < 1.29 is 33.1 Å². The Bertz CT molecular complexity index is 1820. The number of ether oxygens (including phenoxy) is 1. The molecule has 4 aromatic rings. The van der Waals surface area contributed by atoms with Crippen LogP contribution in [0.2, 0.25) is 0 Å². The number of rotatable bonds is 16. The number of hydrogen-bond donors (Lipinski definition) is 3. The summed E-state index contributed by atoms with van der Waals surface area (Å²) in [7, 11) is 0. The van der Waals surface area contributed by atoms with Gasteiger partial charge in [-0.2, -0.15) is 0 Å². The van der Waals surface area contributed by atoms with Crippen molar-refractivity contribution in [2.24, 2.45) is 0 Å². The Morgan fingerprint density at radius 1 is 0.796 bits per heavy atom. The van der Waals surface area contributed by atoms with E-state index in [4.69, 9.17) is 9.15 Å². The van der Waals surface area contributed by atoms with Gasteiger partial charge in [0.05, 0.1) is 6.26 Å². The van der Waals surface area contributed by atoms with Crippen molar-refractivity contribution in [3.63, 3.8) is 0 Å². The molecule has 11 nitrogen and oxygen atoms in total. The molecule has 2 atom stereocenters. The number of unbranched alkanes of at least 4 members (excludes halogenated alkanes) is 1. The van der Waals surface area contributed by atoms with Gasteiger partial charge < -0.3 is 30.0 Å². The van der Waals surface area contributed by atoms with Crippen molar-refractivity contribution >= 4 is 29.6 Å². The zero-order chi connectivity index (χ0) is 38.5. The molecule has 1 aliphatic rings. The summed E-state index contributed by atoms with van der Waals surface area (Å²) < 4.78 is 10.6. The van der Waals surface area contributed by atoms with Crippen LogP contribution in [-0.2, 0) is 32.1 Å². The number of nitrogens with one attached hydrogen (secondary N) is 3. The van der Waals surface area contributed by atoms with E-state index < -0.39 is 23.8 Å². The first kappa shape index (κ1) is 39.5. The summed E-state index contributed by atoms with van der Waals surface area (Å²) in [5.74, 6) is -1.07. The van der Waals surface area contributed by atoms with Crippen LogP contribution in [0.5, 0.6) is 0 Å². The summed E-state index contributed by atoms with van der Waals surface area (Å²) in [6, 6.07) is 29.2. The van der Waals surface area contributed by atoms with Crippen LogP contribution in [0.3, 0.4) is 0 Å².